The summed E-state index contributed by atoms with van der Waals surface area (Å²) in [4.78, 5) is 21.6. The SMILES string of the molecule is CC1(CN2CCCc3nc(-c4ccc(F)cc4)ccc3C2)Cn2cc([N+](=O)[O-])nc2O1. The summed E-state index contributed by atoms with van der Waals surface area (Å²) in [6.45, 7) is 4.88. The largest absolute Gasteiger partial charge is 0.436 e. The Kier molecular flexibility index (Phi) is 4.70. The van der Waals surface area contributed by atoms with Crippen molar-refractivity contribution in [3.05, 3.63) is 69.8 Å². The van der Waals surface area contributed by atoms with Gasteiger partial charge in [-0.15, -0.1) is 0 Å². The fourth-order valence-corrected chi connectivity index (χ4v) is 4.43. The second-order valence-electron chi connectivity index (χ2n) is 8.44. The van der Waals surface area contributed by atoms with E-state index in [4.69, 9.17) is 9.72 Å². The van der Waals surface area contributed by atoms with Gasteiger partial charge in [0.15, 0.2) is 0 Å². The fraction of sp³-hybridized carbons (Fsp3) is 0.364. The van der Waals surface area contributed by atoms with Crippen molar-refractivity contribution in [3.8, 4) is 17.3 Å². The molecule has 0 N–H and O–H groups in total. The molecule has 1 aromatic carbocycles. The summed E-state index contributed by atoms with van der Waals surface area (Å²) in [5.41, 5.74) is 3.51. The van der Waals surface area contributed by atoms with Crippen molar-refractivity contribution in [3.63, 3.8) is 0 Å². The van der Waals surface area contributed by atoms with Crippen LogP contribution in [0.15, 0.2) is 42.6 Å². The molecule has 0 spiro atoms. The Bertz CT molecular complexity index is 1120. The third-order valence-electron chi connectivity index (χ3n) is 5.81. The summed E-state index contributed by atoms with van der Waals surface area (Å²) >= 11 is 0. The fourth-order valence-electron chi connectivity index (χ4n) is 4.43. The molecular formula is C22H22FN5O3. The van der Waals surface area contributed by atoms with E-state index in [0.717, 1.165) is 42.9 Å². The van der Waals surface area contributed by atoms with Crippen LogP contribution in [0.3, 0.4) is 0 Å². The normalized spacial score (nSPS) is 20.6. The number of hydrogen-bond donors (Lipinski definition) is 0. The topological polar surface area (TPSA) is 86.3 Å². The van der Waals surface area contributed by atoms with Crippen molar-refractivity contribution in [2.24, 2.45) is 0 Å². The van der Waals surface area contributed by atoms with E-state index < -0.39 is 10.5 Å². The van der Waals surface area contributed by atoms with Crippen LogP contribution >= 0.6 is 0 Å². The van der Waals surface area contributed by atoms with E-state index in [-0.39, 0.29) is 11.6 Å². The van der Waals surface area contributed by atoms with Crippen LogP contribution in [-0.4, -0.2) is 43.0 Å². The molecule has 160 valence electrons. The van der Waals surface area contributed by atoms with Crippen molar-refractivity contribution in [1.82, 2.24) is 19.4 Å². The molecule has 1 atom stereocenters. The van der Waals surface area contributed by atoms with Gasteiger partial charge in [-0.2, -0.15) is 0 Å². The summed E-state index contributed by atoms with van der Waals surface area (Å²) in [5, 5.41) is 10.9. The van der Waals surface area contributed by atoms with Gasteiger partial charge in [-0.3, -0.25) is 14.5 Å². The van der Waals surface area contributed by atoms with Crippen LogP contribution in [0.25, 0.3) is 11.3 Å². The zero-order chi connectivity index (χ0) is 21.6. The van der Waals surface area contributed by atoms with E-state index in [2.05, 4.69) is 16.0 Å². The summed E-state index contributed by atoms with van der Waals surface area (Å²) in [5.74, 6) is -0.447. The standard InChI is InChI=1S/C22H22FN5O3/c1-22(14-27-12-20(28(29)30)25-21(27)31-22)13-26-10-2-3-18-16(11-26)6-9-19(24-18)15-4-7-17(23)8-5-15/h4-9,12H,2-3,10-11,13-14H2,1H3. The number of rotatable bonds is 4. The second kappa shape index (κ2) is 7.42. The minimum absolute atomic E-state index is 0.191. The summed E-state index contributed by atoms with van der Waals surface area (Å²) in [6, 6.07) is 10.8. The van der Waals surface area contributed by atoms with E-state index in [1.165, 1.54) is 23.9 Å². The van der Waals surface area contributed by atoms with E-state index >= 15 is 0 Å². The molecular weight excluding hydrogens is 401 g/mol. The van der Waals surface area contributed by atoms with Crippen molar-refractivity contribution >= 4 is 5.82 Å². The molecule has 4 heterocycles. The predicted molar refractivity (Wildman–Crippen MR) is 111 cm³/mol. The number of imidazole rings is 1. The first kappa shape index (κ1) is 19.6. The number of aromatic nitrogens is 3. The molecule has 2 aromatic heterocycles. The number of halogens is 1. The highest BCUT2D eigenvalue weighted by atomic mass is 19.1. The number of aryl methyl sites for hydroxylation is 1. The lowest BCUT2D eigenvalue weighted by atomic mass is 10.1. The molecule has 0 saturated heterocycles. The lowest BCUT2D eigenvalue weighted by molar-refractivity contribution is -0.389. The van der Waals surface area contributed by atoms with Gasteiger partial charge in [0.2, 0.25) is 0 Å². The van der Waals surface area contributed by atoms with Crippen LogP contribution in [0.4, 0.5) is 10.2 Å². The third kappa shape index (κ3) is 3.88. The monoisotopic (exact) mass is 423 g/mol. The zero-order valence-electron chi connectivity index (χ0n) is 17.1. The molecule has 0 aliphatic carbocycles. The lowest BCUT2D eigenvalue weighted by Gasteiger charge is -2.30. The maximum atomic E-state index is 13.2. The summed E-state index contributed by atoms with van der Waals surface area (Å²) in [6.07, 6.45) is 3.28. The predicted octanol–water partition coefficient (Wildman–Crippen LogP) is 3.59. The Morgan fingerprint density at radius 3 is 2.77 bits per heavy atom. The number of pyridine rings is 1. The quantitative estimate of drug-likeness (QED) is 0.471. The van der Waals surface area contributed by atoms with Crippen LogP contribution < -0.4 is 4.74 Å². The highest BCUT2D eigenvalue weighted by Gasteiger charge is 2.41. The second-order valence-corrected chi connectivity index (χ2v) is 8.44. The number of ether oxygens (including phenoxy) is 1. The molecule has 0 fully saturated rings. The number of nitrogens with zero attached hydrogens (tertiary/aromatic N) is 5. The number of nitro groups is 1. The minimum Gasteiger partial charge on any atom is -0.436 e. The van der Waals surface area contributed by atoms with Crippen molar-refractivity contribution < 1.29 is 14.1 Å². The number of hydrogen-bond acceptors (Lipinski definition) is 6. The lowest BCUT2D eigenvalue weighted by Crippen LogP contribution is -2.44. The Morgan fingerprint density at radius 2 is 2.03 bits per heavy atom. The molecule has 2 aliphatic heterocycles. The summed E-state index contributed by atoms with van der Waals surface area (Å²) in [7, 11) is 0. The van der Waals surface area contributed by atoms with Crippen LogP contribution in [0.5, 0.6) is 6.01 Å². The van der Waals surface area contributed by atoms with Crippen LogP contribution in [0, 0.1) is 15.9 Å². The van der Waals surface area contributed by atoms with Gasteiger partial charge in [0.25, 0.3) is 0 Å². The molecule has 31 heavy (non-hydrogen) atoms. The van der Waals surface area contributed by atoms with Gasteiger partial charge >= 0.3 is 11.8 Å². The molecule has 0 amide bonds. The molecule has 1 unspecified atom stereocenters. The van der Waals surface area contributed by atoms with Crippen molar-refractivity contribution in [1.29, 1.82) is 0 Å². The smallest absolute Gasteiger partial charge is 0.415 e. The first-order chi connectivity index (χ1) is 14.9. The molecule has 9 heteroatoms. The Morgan fingerprint density at radius 1 is 1.23 bits per heavy atom. The molecule has 5 rings (SSSR count). The summed E-state index contributed by atoms with van der Waals surface area (Å²) < 4.78 is 20.9. The molecule has 8 nitrogen and oxygen atoms in total. The Balaban J connectivity index is 1.30. The zero-order valence-corrected chi connectivity index (χ0v) is 17.1. The first-order valence-corrected chi connectivity index (χ1v) is 10.3. The van der Waals surface area contributed by atoms with E-state index in [1.807, 2.05) is 13.0 Å². The highest BCUT2D eigenvalue weighted by molar-refractivity contribution is 5.59. The molecule has 0 bridgehead atoms. The van der Waals surface area contributed by atoms with Crippen LogP contribution in [-0.2, 0) is 19.5 Å². The van der Waals surface area contributed by atoms with E-state index in [9.17, 15) is 14.5 Å². The van der Waals surface area contributed by atoms with Crippen molar-refractivity contribution in [2.45, 2.75) is 38.5 Å². The Labute approximate surface area is 178 Å². The van der Waals surface area contributed by atoms with Crippen LogP contribution in [0.2, 0.25) is 0 Å². The van der Waals surface area contributed by atoms with Gasteiger partial charge in [-0.25, -0.2) is 4.39 Å². The highest BCUT2D eigenvalue weighted by Crippen LogP contribution is 2.32. The van der Waals surface area contributed by atoms with Gasteiger partial charge in [0, 0.05) is 29.3 Å². The maximum Gasteiger partial charge on any atom is 0.415 e. The Hall–Kier alpha value is -3.33. The molecule has 3 aromatic rings. The van der Waals surface area contributed by atoms with Gasteiger partial charge in [-0.1, -0.05) is 6.07 Å². The number of fused-ring (bicyclic) bond motifs is 2. The number of benzene rings is 1. The van der Waals surface area contributed by atoms with Crippen LogP contribution in [0.1, 0.15) is 24.6 Å². The van der Waals surface area contributed by atoms with E-state index in [0.29, 0.717) is 19.1 Å². The van der Waals surface area contributed by atoms with Gasteiger partial charge in [-0.05, 0) is 67.1 Å². The molecule has 0 saturated carbocycles. The third-order valence-corrected chi connectivity index (χ3v) is 5.81. The van der Waals surface area contributed by atoms with Gasteiger partial charge in [0.05, 0.1) is 12.2 Å². The molecule has 2 aliphatic rings. The average molecular weight is 423 g/mol. The van der Waals surface area contributed by atoms with Gasteiger partial charge < -0.3 is 14.9 Å². The van der Waals surface area contributed by atoms with Crippen molar-refractivity contribution in [2.75, 3.05) is 13.1 Å². The molecule has 0 radical (unpaired) electrons. The first-order valence-electron chi connectivity index (χ1n) is 10.3. The maximum absolute atomic E-state index is 13.2. The minimum atomic E-state index is -0.509. The van der Waals surface area contributed by atoms with E-state index in [1.54, 1.807) is 16.7 Å². The van der Waals surface area contributed by atoms with Gasteiger partial charge in [0.1, 0.15) is 17.6 Å². The average Bonchev–Trinajstić information content (AvgIpc) is 3.16.